The van der Waals surface area contributed by atoms with Gasteiger partial charge in [-0.25, -0.2) is 0 Å². The van der Waals surface area contributed by atoms with E-state index in [4.69, 9.17) is 18.9 Å². The predicted molar refractivity (Wildman–Crippen MR) is 153 cm³/mol. The van der Waals surface area contributed by atoms with Crippen molar-refractivity contribution in [1.29, 1.82) is 0 Å². The highest BCUT2D eigenvalue weighted by Gasteiger charge is 2.48. The number of ether oxygens (including phenoxy) is 4. The van der Waals surface area contributed by atoms with Crippen molar-refractivity contribution in [1.82, 2.24) is 0 Å². The molecule has 1 saturated heterocycles. The molecular formula is C33H34O5S. The molecule has 0 unspecified atom stereocenters. The fourth-order valence-electron chi connectivity index (χ4n) is 4.62. The zero-order valence-corrected chi connectivity index (χ0v) is 22.6. The quantitative estimate of drug-likeness (QED) is 0.228. The average Bonchev–Trinajstić information content (AvgIpc) is 3.00. The fourth-order valence-corrected chi connectivity index (χ4v) is 5.77. The second-order valence-corrected chi connectivity index (χ2v) is 10.6. The molecule has 0 aliphatic carbocycles. The maximum atomic E-state index is 10.4. The van der Waals surface area contributed by atoms with Crippen LogP contribution in [0.15, 0.2) is 126 Å². The van der Waals surface area contributed by atoms with Crippen molar-refractivity contribution >= 4 is 11.8 Å². The van der Waals surface area contributed by atoms with E-state index in [1.54, 1.807) is 11.8 Å². The van der Waals surface area contributed by atoms with Crippen LogP contribution in [0.1, 0.15) is 16.7 Å². The Hall–Kier alpha value is -2.97. The van der Waals surface area contributed by atoms with Crippen molar-refractivity contribution in [2.45, 2.75) is 54.6 Å². The van der Waals surface area contributed by atoms with Crippen LogP contribution in [-0.4, -0.2) is 41.6 Å². The van der Waals surface area contributed by atoms with Gasteiger partial charge in [0.05, 0.1) is 26.4 Å². The van der Waals surface area contributed by atoms with Crippen LogP contribution in [0, 0.1) is 0 Å². The maximum absolute atomic E-state index is 10.4. The summed E-state index contributed by atoms with van der Waals surface area (Å²) in [7, 11) is 0. The Bertz CT molecular complexity index is 1230. The summed E-state index contributed by atoms with van der Waals surface area (Å²) in [6.07, 6.45) is -2.05. The van der Waals surface area contributed by atoms with E-state index in [9.17, 15) is 5.11 Å². The van der Waals surface area contributed by atoms with Gasteiger partial charge in [-0.05, 0) is 28.8 Å². The van der Waals surface area contributed by atoms with Crippen molar-refractivity contribution in [2.75, 3.05) is 6.61 Å². The summed E-state index contributed by atoms with van der Waals surface area (Å²) < 4.78 is 26.2. The van der Waals surface area contributed by atoms with E-state index in [1.807, 2.05) is 121 Å². The molecule has 4 aromatic rings. The summed E-state index contributed by atoms with van der Waals surface area (Å²) in [6, 6.07) is 40.3. The largest absolute Gasteiger partial charge is 0.394 e. The predicted octanol–water partition coefficient (Wildman–Crippen LogP) is 6.25. The zero-order valence-electron chi connectivity index (χ0n) is 21.8. The minimum absolute atomic E-state index is 0.193. The molecule has 1 N–H and O–H groups in total. The minimum atomic E-state index is -0.577. The standard InChI is InChI=1S/C33H34O5S/c34-21-29-30(35-22-25-13-5-1-6-14-25)31(36-23-26-15-7-2-8-16-26)32(37-24-27-17-9-3-10-18-27)33(38-29)39-28-19-11-4-12-20-28/h1-20,29-34H,21-24H2/t29-,30+,31+,32-,33+/m1/s1. The van der Waals surface area contributed by atoms with Gasteiger partial charge in [-0.3, -0.25) is 0 Å². The molecule has 5 rings (SSSR count). The third-order valence-corrected chi connectivity index (χ3v) is 7.78. The van der Waals surface area contributed by atoms with Gasteiger partial charge in [0.15, 0.2) is 0 Å². The molecule has 1 aliphatic heterocycles. The molecule has 1 aliphatic rings. The molecule has 0 bridgehead atoms. The lowest BCUT2D eigenvalue weighted by atomic mass is 9.99. The Morgan fingerprint density at radius 2 is 0.949 bits per heavy atom. The van der Waals surface area contributed by atoms with Crippen molar-refractivity contribution < 1.29 is 24.1 Å². The molecule has 1 heterocycles. The molecule has 0 spiro atoms. The Morgan fingerprint density at radius 1 is 0.538 bits per heavy atom. The van der Waals surface area contributed by atoms with Crippen LogP contribution < -0.4 is 0 Å². The van der Waals surface area contributed by atoms with Gasteiger partial charge in [0.25, 0.3) is 0 Å². The van der Waals surface area contributed by atoms with Gasteiger partial charge < -0.3 is 24.1 Å². The molecule has 6 heteroatoms. The van der Waals surface area contributed by atoms with Gasteiger partial charge in [-0.1, -0.05) is 121 Å². The highest BCUT2D eigenvalue weighted by Crippen LogP contribution is 2.38. The molecular weight excluding hydrogens is 508 g/mol. The molecule has 0 amide bonds. The number of benzene rings is 4. The van der Waals surface area contributed by atoms with E-state index in [-0.39, 0.29) is 6.61 Å². The van der Waals surface area contributed by atoms with Crippen LogP contribution in [0.3, 0.4) is 0 Å². The monoisotopic (exact) mass is 542 g/mol. The number of thioether (sulfide) groups is 1. The van der Waals surface area contributed by atoms with Crippen molar-refractivity contribution in [3.63, 3.8) is 0 Å². The van der Waals surface area contributed by atoms with E-state index in [0.29, 0.717) is 19.8 Å². The van der Waals surface area contributed by atoms with E-state index in [2.05, 4.69) is 0 Å². The normalized spacial score (nSPS) is 22.9. The lowest BCUT2D eigenvalue weighted by Crippen LogP contribution is -2.60. The number of aliphatic hydroxyl groups is 1. The summed E-state index contributed by atoms with van der Waals surface area (Å²) in [5.41, 5.74) is 2.75. The van der Waals surface area contributed by atoms with Crippen LogP contribution in [0.4, 0.5) is 0 Å². The van der Waals surface area contributed by atoms with Crippen LogP contribution in [0.5, 0.6) is 0 Å². The summed E-state index contributed by atoms with van der Waals surface area (Å²) in [4.78, 5) is 1.05. The number of rotatable bonds is 12. The molecule has 39 heavy (non-hydrogen) atoms. The summed E-state index contributed by atoms with van der Waals surface area (Å²) in [5, 5.41) is 10.4. The lowest BCUT2D eigenvalue weighted by Gasteiger charge is -2.45. The van der Waals surface area contributed by atoms with Crippen molar-refractivity contribution in [2.24, 2.45) is 0 Å². The smallest absolute Gasteiger partial charge is 0.137 e. The molecule has 5 nitrogen and oxygen atoms in total. The number of aliphatic hydroxyl groups excluding tert-OH is 1. The van der Waals surface area contributed by atoms with Gasteiger partial charge in [-0.2, -0.15) is 0 Å². The molecule has 202 valence electrons. The van der Waals surface area contributed by atoms with Crippen molar-refractivity contribution in [3.05, 3.63) is 138 Å². The first-order valence-corrected chi connectivity index (χ1v) is 14.1. The highest BCUT2D eigenvalue weighted by atomic mass is 32.2. The van der Waals surface area contributed by atoms with Gasteiger partial charge >= 0.3 is 0 Å². The molecule has 0 aromatic heterocycles. The third-order valence-electron chi connectivity index (χ3n) is 6.62. The highest BCUT2D eigenvalue weighted by molar-refractivity contribution is 7.99. The van der Waals surface area contributed by atoms with Crippen LogP contribution in [0.25, 0.3) is 0 Å². The maximum Gasteiger partial charge on any atom is 0.137 e. The summed E-state index contributed by atoms with van der Waals surface area (Å²) in [5.74, 6) is 0. The van der Waals surface area contributed by atoms with Gasteiger partial charge in [-0.15, -0.1) is 0 Å². The fraction of sp³-hybridized carbons (Fsp3) is 0.273. The Labute approximate surface area is 234 Å². The van der Waals surface area contributed by atoms with Gasteiger partial charge in [0, 0.05) is 4.90 Å². The first-order chi connectivity index (χ1) is 19.3. The number of hydrogen-bond donors (Lipinski definition) is 1. The first-order valence-electron chi connectivity index (χ1n) is 13.2. The molecule has 4 aromatic carbocycles. The Kier molecular flexibility index (Phi) is 10.2. The Morgan fingerprint density at radius 3 is 1.41 bits per heavy atom. The van der Waals surface area contributed by atoms with E-state index in [1.165, 1.54) is 0 Å². The second kappa shape index (κ2) is 14.4. The SMILES string of the molecule is OC[C@H]1O[C@@H](Sc2ccccc2)[C@H](OCc2ccccc2)[C@@H](OCc2ccccc2)[C@H]1OCc1ccccc1. The van der Waals surface area contributed by atoms with Crippen LogP contribution >= 0.6 is 11.8 Å². The van der Waals surface area contributed by atoms with E-state index < -0.39 is 29.9 Å². The van der Waals surface area contributed by atoms with Crippen molar-refractivity contribution in [3.8, 4) is 0 Å². The third kappa shape index (κ3) is 7.79. The van der Waals surface area contributed by atoms with E-state index in [0.717, 1.165) is 21.6 Å². The molecule has 0 radical (unpaired) electrons. The summed E-state index contributed by atoms with van der Waals surface area (Å²) in [6.45, 7) is 0.976. The summed E-state index contributed by atoms with van der Waals surface area (Å²) >= 11 is 1.57. The topological polar surface area (TPSA) is 57.2 Å². The van der Waals surface area contributed by atoms with Gasteiger partial charge in [0.2, 0.25) is 0 Å². The Balaban J connectivity index is 1.44. The second-order valence-electron chi connectivity index (χ2n) is 9.44. The zero-order chi connectivity index (χ0) is 26.7. The lowest BCUT2D eigenvalue weighted by molar-refractivity contribution is -0.251. The van der Waals surface area contributed by atoms with E-state index >= 15 is 0 Å². The van der Waals surface area contributed by atoms with Gasteiger partial charge in [0.1, 0.15) is 29.9 Å². The first kappa shape index (κ1) is 27.6. The minimum Gasteiger partial charge on any atom is -0.394 e. The number of hydrogen-bond acceptors (Lipinski definition) is 6. The van der Waals surface area contributed by atoms with Crippen LogP contribution in [-0.2, 0) is 38.8 Å². The molecule has 1 fully saturated rings. The molecule has 5 atom stereocenters. The molecule has 0 saturated carbocycles. The van der Waals surface area contributed by atoms with Crippen LogP contribution in [0.2, 0.25) is 0 Å². The average molecular weight is 543 g/mol.